The first-order chi connectivity index (χ1) is 17.6. The van der Waals surface area contributed by atoms with Gasteiger partial charge in [0.2, 0.25) is 5.95 Å². The maximum absolute atomic E-state index is 5.97. The lowest BCUT2D eigenvalue weighted by atomic mass is 10.2. The Morgan fingerprint density at radius 2 is 1.83 bits per heavy atom. The number of nitrogens with one attached hydrogen (secondary N) is 2. The minimum absolute atomic E-state index is 0.380. The van der Waals surface area contributed by atoms with Gasteiger partial charge in [-0.2, -0.15) is 4.98 Å². The molecule has 0 radical (unpaired) electrons. The quantitative estimate of drug-likeness (QED) is 0.195. The lowest BCUT2D eigenvalue weighted by molar-refractivity contribution is 0.122. The summed E-state index contributed by atoms with van der Waals surface area (Å²) < 4.78 is 11.4. The zero-order valence-corrected chi connectivity index (χ0v) is 21.4. The van der Waals surface area contributed by atoms with E-state index in [4.69, 9.17) is 33.0 Å². The molecule has 9 nitrogen and oxygen atoms in total. The second-order valence-corrected chi connectivity index (χ2v) is 9.53. The summed E-state index contributed by atoms with van der Waals surface area (Å²) in [5, 5.41) is 8.62. The van der Waals surface area contributed by atoms with Gasteiger partial charge in [-0.3, -0.25) is 0 Å². The number of nitrogens with zero attached hydrogens (tertiary/aromatic N) is 5. The number of halogens is 1. The Morgan fingerprint density at radius 1 is 1.06 bits per heavy atom. The van der Waals surface area contributed by atoms with Gasteiger partial charge in [-0.25, -0.2) is 15.0 Å². The Balaban J connectivity index is 1.26. The zero-order valence-electron chi connectivity index (χ0n) is 19.1. The van der Waals surface area contributed by atoms with Gasteiger partial charge in [-0.1, -0.05) is 11.6 Å². The molecule has 5 rings (SSSR count). The minimum Gasteiger partial charge on any atom is -0.459 e. The number of anilines is 2. The van der Waals surface area contributed by atoms with Gasteiger partial charge in [0.05, 0.1) is 19.8 Å². The minimum atomic E-state index is 0.380. The molecule has 1 aliphatic heterocycles. The van der Waals surface area contributed by atoms with Crippen LogP contribution in [0.15, 0.2) is 75.5 Å². The van der Waals surface area contributed by atoms with Gasteiger partial charge in [0.1, 0.15) is 22.4 Å². The molecule has 0 atom stereocenters. The summed E-state index contributed by atoms with van der Waals surface area (Å²) in [6.45, 7) is 3.21. The van der Waals surface area contributed by atoms with Gasteiger partial charge in [-0.15, -0.1) is 0 Å². The van der Waals surface area contributed by atoms with E-state index >= 15 is 0 Å². The lowest BCUT2D eigenvalue weighted by Crippen LogP contribution is -2.37. The van der Waals surface area contributed by atoms with Crippen LogP contribution in [0, 0.1) is 0 Å². The van der Waals surface area contributed by atoms with Crippen LogP contribution in [0.25, 0.3) is 11.3 Å². The van der Waals surface area contributed by atoms with Crippen LogP contribution in [-0.4, -0.2) is 51.4 Å². The van der Waals surface area contributed by atoms with Gasteiger partial charge >= 0.3 is 0 Å². The molecule has 12 heteroatoms. The van der Waals surface area contributed by atoms with Gasteiger partial charge < -0.3 is 24.7 Å². The van der Waals surface area contributed by atoms with E-state index in [0.29, 0.717) is 46.0 Å². The fourth-order valence-electron chi connectivity index (χ4n) is 3.46. The maximum Gasteiger partial charge on any atom is 0.232 e. The molecule has 1 fully saturated rings. The van der Waals surface area contributed by atoms with Crippen LogP contribution in [0.3, 0.4) is 0 Å². The Morgan fingerprint density at radius 3 is 2.61 bits per heavy atom. The summed E-state index contributed by atoms with van der Waals surface area (Å²) in [5.74, 6) is 2.67. The molecule has 0 amide bonds. The summed E-state index contributed by atoms with van der Waals surface area (Å²) in [7, 11) is 0. The third-order valence-electron chi connectivity index (χ3n) is 5.20. The van der Waals surface area contributed by atoms with Gasteiger partial charge in [0.25, 0.3) is 0 Å². The first kappa shape index (κ1) is 24.4. The number of benzene rings is 1. The molecule has 0 aliphatic carbocycles. The average molecular weight is 540 g/mol. The summed E-state index contributed by atoms with van der Waals surface area (Å²) in [6, 6.07) is 15.0. The van der Waals surface area contributed by atoms with Crippen LogP contribution in [0.2, 0.25) is 5.02 Å². The van der Waals surface area contributed by atoms with E-state index in [2.05, 4.69) is 35.5 Å². The fraction of sp³-hybridized carbons (Fsp3) is 0.208. The van der Waals surface area contributed by atoms with Crippen LogP contribution in [-0.2, 0) is 11.3 Å². The van der Waals surface area contributed by atoms with Crippen molar-refractivity contribution >= 4 is 52.5 Å². The zero-order chi connectivity index (χ0) is 24.7. The van der Waals surface area contributed by atoms with Crippen molar-refractivity contribution in [2.45, 2.75) is 16.7 Å². The molecule has 2 N–H and O–H groups in total. The van der Waals surface area contributed by atoms with Crippen molar-refractivity contribution in [3.8, 4) is 11.3 Å². The molecule has 1 saturated heterocycles. The molecule has 4 aromatic rings. The monoisotopic (exact) mass is 539 g/mol. The highest BCUT2D eigenvalue weighted by molar-refractivity contribution is 7.99. The molecule has 36 heavy (non-hydrogen) atoms. The highest BCUT2D eigenvalue weighted by Gasteiger charge is 2.17. The van der Waals surface area contributed by atoms with E-state index in [0.717, 1.165) is 36.0 Å². The first-order valence-corrected chi connectivity index (χ1v) is 12.8. The second-order valence-electron chi connectivity index (χ2n) is 7.70. The fourth-order valence-corrected chi connectivity index (χ4v) is 4.46. The Bertz CT molecular complexity index is 1320. The van der Waals surface area contributed by atoms with Crippen LogP contribution in [0.4, 0.5) is 11.8 Å². The Labute approximate surface area is 222 Å². The number of morpholine rings is 1. The first-order valence-electron chi connectivity index (χ1n) is 11.2. The van der Waals surface area contributed by atoms with E-state index in [-0.39, 0.29) is 0 Å². The SMILES string of the molecule is S=C(NCc1ccc(-c2ccc(Cl)cc2)o1)Nc1nc(Sc2ncccn2)cc(N2CCOCC2)n1. The number of ether oxygens (including phenoxy) is 1. The Kier molecular flexibility index (Phi) is 7.91. The van der Waals surface area contributed by atoms with E-state index in [1.807, 2.05) is 42.5 Å². The lowest BCUT2D eigenvalue weighted by Gasteiger charge is -2.28. The smallest absolute Gasteiger partial charge is 0.232 e. The third kappa shape index (κ3) is 6.49. The van der Waals surface area contributed by atoms with Crippen molar-refractivity contribution in [3.05, 3.63) is 71.7 Å². The van der Waals surface area contributed by atoms with Gasteiger partial charge in [-0.05, 0) is 66.4 Å². The van der Waals surface area contributed by atoms with Crippen molar-refractivity contribution < 1.29 is 9.15 Å². The molecule has 1 aliphatic rings. The number of thiocarbonyl (C=S) groups is 1. The van der Waals surface area contributed by atoms with E-state index < -0.39 is 0 Å². The third-order valence-corrected chi connectivity index (χ3v) is 6.51. The normalized spacial score (nSPS) is 13.4. The van der Waals surface area contributed by atoms with E-state index in [9.17, 15) is 0 Å². The summed E-state index contributed by atoms with van der Waals surface area (Å²) in [5.41, 5.74) is 0.951. The summed E-state index contributed by atoms with van der Waals surface area (Å²) >= 11 is 12.8. The van der Waals surface area contributed by atoms with Crippen LogP contribution >= 0.6 is 35.6 Å². The molecule has 184 valence electrons. The summed E-state index contributed by atoms with van der Waals surface area (Å²) in [6.07, 6.45) is 3.40. The van der Waals surface area contributed by atoms with Crippen molar-refractivity contribution in [2.75, 3.05) is 36.5 Å². The van der Waals surface area contributed by atoms with E-state index in [1.54, 1.807) is 18.5 Å². The highest BCUT2D eigenvalue weighted by atomic mass is 35.5. The summed E-state index contributed by atoms with van der Waals surface area (Å²) in [4.78, 5) is 20.0. The van der Waals surface area contributed by atoms with Crippen LogP contribution < -0.4 is 15.5 Å². The van der Waals surface area contributed by atoms with Crippen LogP contribution in [0.1, 0.15) is 5.76 Å². The molecular weight excluding hydrogens is 518 g/mol. The number of aromatic nitrogens is 4. The predicted octanol–water partition coefficient (Wildman–Crippen LogP) is 4.65. The molecular formula is C24H22ClN7O2S2. The number of hydrogen-bond acceptors (Lipinski definition) is 9. The molecule has 0 bridgehead atoms. The standard InChI is InChI=1S/C24H22ClN7O2S2/c25-17-4-2-16(3-5-17)19-7-6-18(34-19)15-28-23(35)31-22-29-20(32-10-12-33-13-11-32)14-21(30-22)36-24-26-8-1-9-27-24/h1-9,14H,10-13,15H2,(H2,28,29,30,31,35). The van der Waals surface area contributed by atoms with Crippen molar-refractivity contribution in [1.82, 2.24) is 25.3 Å². The van der Waals surface area contributed by atoms with Crippen molar-refractivity contribution in [3.63, 3.8) is 0 Å². The van der Waals surface area contributed by atoms with Crippen molar-refractivity contribution in [2.24, 2.45) is 0 Å². The van der Waals surface area contributed by atoms with Crippen molar-refractivity contribution in [1.29, 1.82) is 0 Å². The highest BCUT2D eigenvalue weighted by Crippen LogP contribution is 2.27. The number of furan rings is 1. The average Bonchev–Trinajstić information content (AvgIpc) is 3.38. The molecule has 4 heterocycles. The number of hydrogen-bond donors (Lipinski definition) is 2. The van der Waals surface area contributed by atoms with Gasteiger partial charge in [0.15, 0.2) is 10.3 Å². The van der Waals surface area contributed by atoms with E-state index in [1.165, 1.54) is 11.8 Å². The molecule has 0 spiro atoms. The molecule has 0 unspecified atom stereocenters. The largest absolute Gasteiger partial charge is 0.459 e. The number of rotatable bonds is 7. The predicted molar refractivity (Wildman–Crippen MR) is 143 cm³/mol. The maximum atomic E-state index is 5.97. The molecule has 0 saturated carbocycles. The topological polar surface area (TPSA) is 101 Å². The van der Waals surface area contributed by atoms with Crippen LogP contribution in [0.5, 0.6) is 0 Å². The molecule has 3 aromatic heterocycles. The van der Waals surface area contributed by atoms with Gasteiger partial charge in [0, 0.05) is 42.1 Å². The second kappa shape index (κ2) is 11.7. The Hall–Kier alpha value is -3.25. The molecule has 1 aromatic carbocycles.